The Balaban J connectivity index is 1.84. The Bertz CT molecular complexity index is 1040. The molecule has 0 saturated heterocycles. The Kier molecular flexibility index (Phi) is 4.57. The summed E-state index contributed by atoms with van der Waals surface area (Å²) in [6.07, 6.45) is 1.33. The van der Waals surface area contributed by atoms with Crippen LogP contribution < -0.4 is 10.9 Å². The maximum atomic E-state index is 12.8. The molecule has 0 spiro atoms. The van der Waals surface area contributed by atoms with Crippen molar-refractivity contribution in [2.75, 3.05) is 18.9 Å². The quantitative estimate of drug-likeness (QED) is 0.766. The Hall–Kier alpha value is -3.42. The van der Waals surface area contributed by atoms with Crippen molar-refractivity contribution in [1.29, 1.82) is 0 Å². The number of hydrogen-bond donors (Lipinski definition) is 1. The first-order valence-corrected chi connectivity index (χ1v) is 7.93. The zero-order valence-corrected chi connectivity index (χ0v) is 14.6. The van der Waals surface area contributed by atoms with Crippen molar-refractivity contribution in [3.8, 4) is 0 Å². The Morgan fingerprint density at radius 1 is 1.27 bits per heavy atom. The minimum absolute atomic E-state index is 0.107. The van der Waals surface area contributed by atoms with Crippen LogP contribution in [0, 0.1) is 6.92 Å². The number of anilines is 1. The SMILES string of the molecule is Cc1oc2ncn(C)c(=O)c2c1C(=O)N(C)CC(=O)Nc1ccccc1. The number of rotatable bonds is 4. The van der Waals surface area contributed by atoms with E-state index in [2.05, 4.69) is 10.3 Å². The predicted molar refractivity (Wildman–Crippen MR) is 96.0 cm³/mol. The van der Waals surface area contributed by atoms with Gasteiger partial charge in [0.05, 0.1) is 12.1 Å². The Morgan fingerprint density at radius 3 is 2.65 bits per heavy atom. The third kappa shape index (κ3) is 3.21. The normalized spacial score (nSPS) is 10.7. The number of benzene rings is 1. The van der Waals surface area contributed by atoms with Gasteiger partial charge in [0.1, 0.15) is 17.5 Å². The van der Waals surface area contributed by atoms with E-state index in [4.69, 9.17) is 4.42 Å². The Morgan fingerprint density at radius 2 is 1.96 bits per heavy atom. The highest BCUT2D eigenvalue weighted by Crippen LogP contribution is 2.22. The number of amides is 2. The molecule has 0 saturated carbocycles. The second-order valence-electron chi connectivity index (χ2n) is 5.95. The van der Waals surface area contributed by atoms with Gasteiger partial charge in [-0.1, -0.05) is 18.2 Å². The van der Waals surface area contributed by atoms with Crippen molar-refractivity contribution >= 4 is 28.6 Å². The summed E-state index contributed by atoms with van der Waals surface area (Å²) in [7, 11) is 3.04. The topological polar surface area (TPSA) is 97.4 Å². The van der Waals surface area contributed by atoms with Crippen LogP contribution in [0.3, 0.4) is 0 Å². The zero-order chi connectivity index (χ0) is 18.8. The summed E-state index contributed by atoms with van der Waals surface area (Å²) in [5, 5.41) is 2.83. The molecule has 1 aromatic carbocycles. The van der Waals surface area contributed by atoms with Crippen LogP contribution in [0.2, 0.25) is 0 Å². The van der Waals surface area contributed by atoms with E-state index in [-0.39, 0.29) is 40.4 Å². The number of nitrogens with one attached hydrogen (secondary N) is 1. The fourth-order valence-corrected chi connectivity index (χ4v) is 2.64. The first-order chi connectivity index (χ1) is 12.4. The van der Waals surface area contributed by atoms with Gasteiger partial charge in [-0.05, 0) is 19.1 Å². The van der Waals surface area contributed by atoms with Crippen LogP contribution in [0.25, 0.3) is 11.1 Å². The molecular formula is C18H18N4O4. The molecule has 0 unspecified atom stereocenters. The third-order valence-corrected chi connectivity index (χ3v) is 3.95. The summed E-state index contributed by atoms with van der Waals surface area (Å²) in [4.78, 5) is 42.6. The Labute approximate surface area is 149 Å². The van der Waals surface area contributed by atoms with Gasteiger partial charge in [-0.2, -0.15) is 0 Å². The number of carbonyl (C=O) groups is 2. The van der Waals surface area contributed by atoms with Gasteiger partial charge < -0.3 is 19.2 Å². The number of nitrogens with zero attached hydrogens (tertiary/aromatic N) is 3. The average molecular weight is 354 g/mol. The molecule has 0 aliphatic heterocycles. The van der Waals surface area contributed by atoms with E-state index >= 15 is 0 Å². The maximum absolute atomic E-state index is 12.8. The number of aryl methyl sites for hydroxylation is 2. The maximum Gasteiger partial charge on any atom is 0.265 e. The molecule has 134 valence electrons. The van der Waals surface area contributed by atoms with Gasteiger partial charge >= 0.3 is 0 Å². The summed E-state index contributed by atoms with van der Waals surface area (Å²) in [5.41, 5.74) is 0.499. The lowest BCUT2D eigenvalue weighted by Crippen LogP contribution is -2.35. The van der Waals surface area contributed by atoms with Gasteiger partial charge in [0.2, 0.25) is 11.6 Å². The molecule has 0 bridgehead atoms. The number of para-hydroxylation sites is 1. The summed E-state index contributed by atoms with van der Waals surface area (Å²) in [6, 6.07) is 8.95. The molecule has 2 aromatic heterocycles. The van der Waals surface area contributed by atoms with E-state index in [0.717, 1.165) is 0 Å². The highest BCUT2D eigenvalue weighted by Gasteiger charge is 2.25. The first kappa shape index (κ1) is 17.4. The predicted octanol–water partition coefficient (Wildman–Crippen LogP) is 1.55. The van der Waals surface area contributed by atoms with Crippen molar-refractivity contribution in [3.63, 3.8) is 0 Å². The highest BCUT2D eigenvalue weighted by atomic mass is 16.3. The van der Waals surface area contributed by atoms with E-state index in [1.165, 1.54) is 22.8 Å². The van der Waals surface area contributed by atoms with E-state index in [9.17, 15) is 14.4 Å². The molecule has 0 aliphatic carbocycles. The van der Waals surface area contributed by atoms with Crippen LogP contribution in [0.15, 0.2) is 45.9 Å². The highest BCUT2D eigenvalue weighted by molar-refractivity contribution is 6.07. The molecule has 26 heavy (non-hydrogen) atoms. The molecule has 2 amide bonds. The van der Waals surface area contributed by atoms with E-state index in [1.807, 2.05) is 6.07 Å². The van der Waals surface area contributed by atoms with Crippen LogP contribution in [0.4, 0.5) is 5.69 Å². The van der Waals surface area contributed by atoms with Crippen molar-refractivity contribution in [2.24, 2.45) is 7.05 Å². The zero-order valence-electron chi connectivity index (χ0n) is 14.6. The number of carbonyl (C=O) groups excluding carboxylic acids is 2. The molecule has 1 N–H and O–H groups in total. The molecule has 0 radical (unpaired) electrons. The molecule has 3 aromatic rings. The first-order valence-electron chi connectivity index (χ1n) is 7.93. The van der Waals surface area contributed by atoms with E-state index in [0.29, 0.717) is 5.69 Å². The summed E-state index contributed by atoms with van der Waals surface area (Å²) < 4.78 is 6.71. The van der Waals surface area contributed by atoms with Crippen molar-refractivity contribution in [1.82, 2.24) is 14.5 Å². The van der Waals surface area contributed by atoms with Crippen LogP contribution in [0.1, 0.15) is 16.1 Å². The summed E-state index contributed by atoms with van der Waals surface area (Å²) in [5.74, 6) is -0.533. The molecule has 0 aliphatic rings. The van der Waals surface area contributed by atoms with Gasteiger partial charge in [-0.15, -0.1) is 0 Å². The van der Waals surface area contributed by atoms with E-state index in [1.54, 1.807) is 38.2 Å². The van der Waals surface area contributed by atoms with Crippen LogP contribution >= 0.6 is 0 Å². The van der Waals surface area contributed by atoms with Crippen LogP contribution in [-0.2, 0) is 11.8 Å². The smallest absolute Gasteiger partial charge is 0.265 e. The van der Waals surface area contributed by atoms with Gasteiger partial charge in [0.25, 0.3) is 11.5 Å². The molecule has 0 atom stereocenters. The molecule has 8 heteroatoms. The van der Waals surface area contributed by atoms with Crippen molar-refractivity contribution in [3.05, 3.63) is 58.3 Å². The lowest BCUT2D eigenvalue weighted by molar-refractivity contribution is -0.116. The fourth-order valence-electron chi connectivity index (χ4n) is 2.64. The number of aromatic nitrogens is 2. The number of fused-ring (bicyclic) bond motifs is 1. The fraction of sp³-hybridized carbons (Fsp3) is 0.222. The van der Waals surface area contributed by atoms with Crippen molar-refractivity contribution < 1.29 is 14.0 Å². The summed E-state index contributed by atoms with van der Waals surface area (Å²) >= 11 is 0. The van der Waals surface area contributed by atoms with Crippen molar-refractivity contribution in [2.45, 2.75) is 6.92 Å². The van der Waals surface area contributed by atoms with Gasteiger partial charge in [0.15, 0.2) is 0 Å². The molecule has 0 fully saturated rings. The largest absolute Gasteiger partial charge is 0.442 e. The van der Waals surface area contributed by atoms with Gasteiger partial charge in [-0.3, -0.25) is 14.4 Å². The molecule has 2 heterocycles. The molecule has 3 rings (SSSR count). The molecular weight excluding hydrogens is 336 g/mol. The van der Waals surface area contributed by atoms with Gasteiger partial charge in [-0.25, -0.2) is 4.98 Å². The minimum Gasteiger partial charge on any atom is -0.442 e. The number of furan rings is 1. The third-order valence-electron chi connectivity index (χ3n) is 3.95. The van der Waals surface area contributed by atoms with E-state index < -0.39 is 5.91 Å². The lowest BCUT2D eigenvalue weighted by atomic mass is 10.1. The minimum atomic E-state index is -0.477. The number of hydrogen-bond acceptors (Lipinski definition) is 5. The van der Waals surface area contributed by atoms with Gasteiger partial charge in [0, 0.05) is 19.8 Å². The average Bonchev–Trinajstić information content (AvgIpc) is 2.95. The molecule has 8 nitrogen and oxygen atoms in total. The monoisotopic (exact) mass is 354 g/mol. The number of likely N-dealkylation sites (N-methyl/N-ethyl adjacent to an activating group) is 1. The lowest BCUT2D eigenvalue weighted by Gasteiger charge is -2.16. The second kappa shape index (κ2) is 6.83. The summed E-state index contributed by atoms with van der Waals surface area (Å²) in [6.45, 7) is 1.42. The second-order valence-corrected chi connectivity index (χ2v) is 5.95. The van der Waals surface area contributed by atoms with Crippen LogP contribution in [-0.4, -0.2) is 39.9 Å². The standard InChI is InChI=1S/C18H18N4O4/c1-11-14(15-16(26-11)19-10-22(3)18(15)25)17(24)21(2)9-13(23)20-12-7-5-4-6-8-12/h4-8,10H,9H2,1-3H3,(H,20,23). The van der Waals surface area contributed by atoms with Crippen LogP contribution in [0.5, 0.6) is 0 Å².